The lowest BCUT2D eigenvalue weighted by molar-refractivity contribution is 0.249. The Hall–Kier alpha value is -0.120. The molecule has 2 atom stereocenters. The molecule has 3 heteroatoms. The molecule has 2 unspecified atom stereocenters. The van der Waals surface area contributed by atoms with E-state index < -0.39 is 0 Å². The first-order chi connectivity index (χ1) is 4.88. The van der Waals surface area contributed by atoms with Gasteiger partial charge in [-0.05, 0) is 25.3 Å². The standard InChI is InChI=1S/C7H16N2O/c8-5-7-6(2-4-10)1-3-9-7/h6-7,9-10H,1-5,8H2. The van der Waals surface area contributed by atoms with Crippen molar-refractivity contribution in [3.8, 4) is 0 Å². The fraction of sp³-hybridized carbons (Fsp3) is 1.00. The van der Waals surface area contributed by atoms with Gasteiger partial charge in [0.25, 0.3) is 0 Å². The van der Waals surface area contributed by atoms with E-state index in [0.29, 0.717) is 25.1 Å². The van der Waals surface area contributed by atoms with E-state index in [1.54, 1.807) is 0 Å². The molecule has 0 aromatic carbocycles. The van der Waals surface area contributed by atoms with Gasteiger partial charge < -0.3 is 16.2 Å². The van der Waals surface area contributed by atoms with Crippen molar-refractivity contribution in [1.82, 2.24) is 5.32 Å². The second kappa shape index (κ2) is 3.91. The van der Waals surface area contributed by atoms with Crippen molar-refractivity contribution in [3.05, 3.63) is 0 Å². The van der Waals surface area contributed by atoms with Gasteiger partial charge in [-0.25, -0.2) is 0 Å². The van der Waals surface area contributed by atoms with E-state index in [-0.39, 0.29) is 0 Å². The highest BCUT2D eigenvalue weighted by Crippen LogP contribution is 2.17. The van der Waals surface area contributed by atoms with Gasteiger partial charge >= 0.3 is 0 Å². The summed E-state index contributed by atoms with van der Waals surface area (Å²) >= 11 is 0. The van der Waals surface area contributed by atoms with Gasteiger partial charge in [0, 0.05) is 19.2 Å². The molecular formula is C7H16N2O. The summed E-state index contributed by atoms with van der Waals surface area (Å²) in [5, 5.41) is 12.0. The summed E-state index contributed by atoms with van der Waals surface area (Å²) in [5.74, 6) is 0.606. The lowest BCUT2D eigenvalue weighted by Gasteiger charge is -2.15. The predicted molar refractivity (Wildman–Crippen MR) is 40.7 cm³/mol. The molecule has 0 radical (unpaired) electrons. The van der Waals surface area contributed by atoms with Crippen LogP contribution >= 0.6 is 0 Å². The van der Waals surface area contributed by atoms with E-state index >= 15 is 0 Å². The molecule has 1 rings (SSSR count). The van der Waals surface area contributed by atoms with E-state index in [1.165, 1.54) is 6.42 Å². The van der Waals surface area contributed by atoms with Crippen molar-refractivity contribution in [2.24, 2.45) is 11.7 Å². The van der Waals surface area contributed by atoms with E-state index in [9.17, 15) is 0 Å². The first-order valence-electron chi connectivity index (χ1n) is 3.92. The third-order valence-electron chi connectivity index (χ3n) is 2.24. The maximum Gasteiger partial charge on any atom is 0.0434 e. The Morgan fingerprint density at radius 2 is 2.40 bits per heavy atom. The summed E-state index contributed by atoms with van der Waals surface area (Å²) in [5.41, 5.74) is 5.51. The molecule has 1 saturated heterocycles. The van der Waals surface area contributed by atoms with Crippen molar-refractivity contribution >= 4 is 0 Å². The van der Waals surface area contributed by atoms with Gasteiger partial charge in [-0.3, -0.25) is 0 Å². The lowest BCUT2D eigenvalue weighted by Crippen LogP contribution is -2.35. The average molecular weight is 144 g/mol. The second-order valence-electron chi connectivity index (χ2n) is 2.86. The first-order valence-corrected chi connectivity index (χ1v) is 3.92. The summed E-state index contributed by atoms with van der Waals surface area (Å²) in [6, 6.07) is 0.451. The van der Waals surface area contributed by atoms with E-state index in [1.807, 2.05) is 0 Å². The molecule has 0 bridgehead atoms. The van der Waals surface area contributed by atoms with E-state index in [0.717, 1.165) is 13.0 Å². The molecule has 4 N–H and O–H groups in total. The van der Waals surface area contributed by atoms with Crippen molar-refractivity contribution < 1.29 is 5.11 Å². The zero-order valence-electron chi connectivity index (χ0n) is 6.21. The fourth-order valence-electron chi connectivity index (χ4n) is 1.61. The molecule has 0 aromatic rings. The topological polar surface area (TPSA) is 58.3 Å². The highest BCUT2D eigenvalue weighted by molar-refractivity contribution is 4.83. The number of aliphatic hydroxyl groups is 1. The molecule has 1 aliphatic heterocycles. The first kappa shape index (κ1) is 7.98. The van der Waals surface area contributed by atoms with Gasteiger partial charge in [0.15, 0.2) is 0 Å². The largest absolute Gasteiger partial charge is 0.396 e. The fourth-order valence-corrected chi connectivity index (χ4v) is 1.61. The van der Waals surface area contributed by atoms with Gasteiger partial charge in [0.2, 0.25) is 0 Å². The minimum atomic E-state index is 0.294. The molecule has 0 aliphatic carbocycles. The third-order valence-corrected chi connectivity index (χ3v) is 2.24. The van der Waals surface area contributed by atoms with Crippen LogP contribution in [0.1, 0.15) is 12.8 Å². The van der Waals surface area contributed by atoms with Crippen molar-refractivity contribution in [2.75, 3.05) is 19.7 Å². The molecule has 1 aliphatic rings. The van der Waals surface area contributed by atoms with Gasteiger partial charge in [-0.15, -0.1) is 0 Å². The van der Waals surface area contributed by atoms with Crippen molar-refractivity contribution in [3.63, 3.8) is 0 Å². The zero-order valence-corrected chi connectivity index (χ0v) is 6.21. The number of nitrogens with two attached hydrogens (primary N) is 1. The number of hydrogen-bond acceptors (Lipinski definition) is 3. The maximum absolute atomic E-state index is 8.67. The third kappa shape index (κ3) is 1.68. The molecule has 1 fully saturated rings. The van der Waals surface area contributed by atoms with Gasteiger partial charge in [0.1, 0.15) is 0 Å². The summed E-state index contributed by atoms with van der Waals surface area (Å²) in [4.78, 5) is 0. The smallest absolute Gasteiger partial charge is 0.0434 e. The van der Waals surface area contributed by atoms with Gasteiger partial charge in [-0.1, -0.05) is 0 Å². The molecule has 3 nitrogen and oxygen atoms in total. The molecule has 0 saturated carbocycles. The van der Waals surface area contributed by atoms with Crippen LogP contribution in [0.5, 0.6) is 0 Å². The zero-order chi connectivity index (χ0) is 7.40. The molecular weight excluding hydrogens is 128 g/mol. The molecule has 0 spiro atoms. The molecule has 60 valence electrons. The van der Waals surface area contributed by atoms with Crippen LogP contribution < -0.4 is 11.1 Å². The van der Waals surface area contributed by atoms with Crippen LogP contribution in [0.3, 0.4) is 0 Å². The second-order valence-corrected chi connectivity index (χ2v) is 2.86. The number of hydrogen-bond donors (Lipinski definition) is 3. The highest BCUT2D eigenvalue weighted by Gasteiger charge is 2.24. The van der Waals surface area contributed by atoms with E-state index in [4.69, 9.17) is 10.8 Å². The maximum atomic E-state index is 8.67. The Balaban J connectivity index is 2.27. The van der Waals surface area contributed by atoms with Crippen LogP contribution in [0, 0.1) is 5.92 Å². The van der Waals surface area contributed by atoms with Crippen LogP contribution in [-0.4, -0.2) is 30.8 Å². The minimum Gasteiger partial charge on any atom is -0.396 e. The average Bonchev–Trinajstić information content (AvgIpc) is 2.36. The summed E-state index contributed by atoms with van der Waals surface area (Å²) < 4.78 is 0. The Morgan fingerprint density at radius 3 is 3.00 bits per heavy atom. The Kier molecular flexibility index (Phi) is 3.12. The van der Waals surface area contributed by atoms with Crippen molar-refractivity contribution in [2.45, 2.75) is 18.9 Å². The number of rotatable bonds is 3. The normalized spacial score (nSPS) is 33.0. The summed E-state index contributed by atoms with van der Waals surface area (Å²) in [7, 11) is 0. The highest BCUT2D eigenvalue weighted by atomic mass is 16.3. The molecule has 10 heavy (non-hydrogen) atoms. The Bertz CT molecular complexity index is 97.6. The van der Waals surface area contributed by atoms with Crippen LogP contribution in [0.4, 0.5) is 0 Å². The monoisotopic (exact) mass is 144 g/mol. The Morgan fingerprint density at radius 1 is 1.60 bits per heavy atom. The quantitative estimate of drug-likeness (QED) is 0.491. The van der Waals surface area contributed by atoms with Crippen molar-refractivity contribution in [1.29, 1.82) is 0 Å². The van der Waals surface area contributed by atoms with Crippen LogP contribution in [0.2, 0.25) is 0 Å². The van der Waals surface area contributed by atoms with Gasteiger partial charge in [-0.2, -0.15) is 0 Å². The minimum absolute atomic E-state index is 0.294. The summed E-state index contributed by atoms with van der Waals surface area (Å²) in [6.07, 6.45) is 2.07. The predicted octanol–water partition coefficient (Wildman–Crippen LogP) is -0.694. The number of nitrogens with one attached hydrogen (secondary N) is 1. The van der Waals surface area contributed by atoms with Gasteiger partial charge in [0.05, 0.1) is 0 Å². The van der Waals surface area contributed by atoms with E-state index in [2.05, 4.69) is 5.32 Å². The molecule has 1 heterocycles. The molecule has 0 aromatic heterocycles. The SMILES string of the molecule is NCC1NCCC1CCO. The van der Waals surface area contributed by atoms with Crippen LogP contribution in [-0.2, 0) is 0 Å². The number of aliphatic hydroxyl groups excluding tert-OH is 1. The summed E-state index contributed by atoms with van der Waals surface area (Å²) in [6.45, 7) is 2.06. The lowest BCUT2D eigenvalue weighted by atomic mass is 9.98. The van der Waals surface area contributed by atoms with Crippen LogP contribution in [0.15, 0.2) is 0 Å². The molecule has 0 amide bonds. The van der Waals surface area contributed by atoms with Crippen LogP contribution in [0.25, 0.3) is 0 Å². The Labute approximate surface area is 61.6 Å².